The standard InChI is InChI=1S/C16H20FN3O7/c1-3-4-5-6-24-15(22)19-12-9(17)7-20(14(21)18-12)13-11-10(8(2)25-13)26-16(23)27-11/h7-8,10-11,13H,3-6H2,1-2H3,(H,18,19,21,22)/t8-,10+,11+,13-/m1/s1. The number of rotatable bonds is 6. The Morgan fingerprint density at radius 1 is 1.33 bits per heavy atom. The van der Waals surface area contributed by atoms with Crippen LogP contribution in [0.3, 0.4) is 0 Å². The molecule has 0 bridgehead atoms. The monoisotopic (exact) mass is 385 g/mol. The van der Waals surface area contributed by atoms with Crippen molar-refractivity contribution in [2.24, 2.45) is 0 Å². The van der Waals surface area contributed by atoms with Crippen molar-refractivity contribution in [2.45, 2.75) is 57.6 Å². The number of hydrogen-bond acceptors (Lipinski definition) is 8. The first-order chi connectivity index (χ1) is 12.9. The molecule has 1 amide bonds. The molecule has 0 unspecified atom stereocenters. The van der Waals surface area contributed by atoms with Crippen LogP contribution in [0, 0.1) is 5.82 Å². The van der Waals surface area contributed by atoms with Gasteiger partial charge in [-0.25, -0.2) is 18.8 Å². The van der Waals surface area contributed by atoms with E-state index in [0.717, 1.165) is 23.6 Å². The van der Waals surface area contributed by atoms with Crippen LogP contribution in [0.15, 0.2) is 11.0 Å². The molecule has 1 aromatic heterocycles. The van der Waals surface area contributed by atoms with E-state index < -0.39 is 54.1 Å². The predicted octanol–water partition coefficient (Wildman–Crippen LogP) is 1.94. The van der Waals surface area contributed by atoms with Crippen LogP contribution in [-0.2, 0) is 18.9 Å². The number of anilines is 1. The Morgan fingerprint density at radius 3 is 2.81 bits per heavy atom. The second kappa shape index (κ2) is 7.91. The quantitative estimate of drug-likeness (QED) is 0.583. The molecule has 27 heavy (non-hydrogen) atoms. The van der Waals surface area contributed by atoms with Crippen LogP contribution in [0.25, 0.3) is 0 Å². The number of nitrogens with one attached hydrogen (secondary N) is 1. The van der Waals surface area contributed by atoms with Crippen LogP contribution in [0.1, 0.15) is 39.3 Å². The number of fused-ring (bicyclic) bond motifs is 1. The highest BCUT2D eigenvalue weighted by Crippen LogP contribution is 2.37. The minimum Gasteiger partial charge on any atom is -0.449 e. The van der Waals surface area contributed by atoms with Gasteiger partial charge in [-0.1, -0.05) is 19.8 Å². The maximum atomic E-state index is 14.3. The number of unbranched alkanes of at least 4 members (excludes halogenated alkanes) is 2. The van der Waals surface area contributed by atoms with Gasteiger partial charge in [-0.15, -0.1) is 0 Å². The summed E-state index contributed by atoms with van der Waals surface area (Å²) in [6.45, 7) is 3.82. The molecule has 0 aromatic carbocycles. The fourth-order valence-electron chi connectivity index (χ4n) is 2.93. The van der Waals surface area contributed by atoms with Gasteiger partial charge in [0, 0.05) is 0 Å². The number of nitrogens with zero attached hydrogens (tertiary/aromatic N) is 2. The van der Waals surface area contributed by atoms with Crippen LogP contribution >= 0.6 is 0 Å². The van der Waals surface area contributed by atoms with Crippen molar-refractivity contribution < 1.29 is 32.9 Å². The molecule has 2 aliphatic rings. The maximum absolute atomic E-state index is 14.3. The first-order valence-electron chi connectivity index (χ1n) is 8.66. The van der Waals surface area contributed by atoms with E-state index >= 15 is 0 Å². The number of carbonyl (C=O) groups excluding carboxylic acids is 2. The second-order valence-electron chi connectivity index (χ2n) is 6.24. The lowest BCUT2D eigenvalue weighted by molar-refractivity contribution is -0.0524. The fourth-order valence-corrected chi connectivity index (χ4v) is 2.93. The Hall–Kier alpha value is -2.69. The van der Waals surface area contributed by atoms with Crippen molar-refractivity contribution in [3.63, 3.8) is 0 Å². The summed E-state index contributed by atoms with van der Waals surface area (Å²) in [6.07, 6.45) is -1.64. The van der Waals surface area contributed by atoms with Crippen molar-refractivity contribution in [2.75, 3.05) is 11.9 Å². The first-order valence-corrected chi connectivity index (χ1v) is 8.66. The molecule has 0 aliphatic carbocycles. The molecule has 148 valence electrons. The van der Waals surface area contributed by atoms with Crippen LogP contribution in [0.2, 0.25) is 0 Å². The van der Waals surface area contributed by atoms with Gasteiger partial charge in [0.2, 0.25) is 0 Å². The summed E-state index contributed by atoms with van der Waals surface area (Å²) in [5, 5.41) is 2.10. The van der Waals surface area contributed by atoms with E-state index in [1.54, 1.807) is 6.92 Å². The van der Waals surface area contributed by atoms with E-state index in [-0.39, 0.29) is 6.61 Å². The van der Waals surface area contributed by atoms with E-state index in [0.29, 0.717) is 6.42 Å². The Labute approximate surface area is 153 Å². The Balaban J connectivity index is 1.71. The molecule has 0 saturated carbocycles. The zero-order chi connectivity index (χ0) is 19.6. The van der Waals surface area contributed by atoms with Gasteiger partial charge in [-0.2, -0.15) is 4.98 Å². The van der Waals surface area contributed by atoms with Gasteiger partial charge < -0.3 is 18.9 Å². The molecule has 0 spiro atoms. The van der Waals surface area contributed by atoms with Crippen LogP contribution in [-0.4, -0.2) is 46.7 Å². The van der Waals surface area contributed by atoms with Crippen molar-refractivity contribution >= 4 is 18.1 Å². The zero-order valence-corrected chi connectivity index (χ0v) is 14.8. The topological polar surface area (TPSA) is 118 Å². The molecule has 3 heterocycles. The molecule has 4 atom stereocenters. The number of aromatic nitrogens is 2. The lowest BCUT2D eigenvalue weighted by Gasteiger charge is -2.18. The summed E-state index contributed by atoms with van der Waals surface area (Å²) >= 11 is 0. The number of halogens is 1. The third kappa shape index (κ3) is 4.02. The van der Waals surface area contributed by atoms with Gasteiger partial charge in [0.15, 0.2) is 30.1 Å². The molecule has 1 N–H and O–H groups in total. The van der Waals surface area contributed by atoms with Crippen LogP contribution < -0.4 is 11.0 Å². The maximum Gasteiger partial charge on any atom is 0.509 e. The van der Waals surface area contributed by atoms with E-state index in [9.17, 15) is 18.8 Å². The van der Waals surface area contributed by atoms with Crippen LogP contribution in [0.5, 0.6) is 0 Å². The van der Waals surface area contributed by atoms with Crippen LogP contribution in [0.4, 0.5) is 19.8 Å². The van der Waals surface area contributed by atoms with Gasteiger partial charge in [0.25, 0.3) is 0 Å². The molecule has 10 nitrogen and oxygen atoms in total. The fraction of sp³-hybridized carbons (Fsp3) is 0.625. The number of carbonyl (C=O) groups is 2. The van der Waals surface area contributed by atoms with Gasteiger partial charge in [0.05, 0.1) is 18.9 Å². The molecule has 2 fully saturated rings. The van der Waals surface area contributed by atoms with Gasteiger partial charge in [0.1, 0.15) is 0 Å². The molecule has 1 aromatic rings. The van der Waals surface area contributed by atoms with Crippen molar-refractivity contribution in [3.8, 4) is 0 Å². The molecular weight excluding hydrogens is 365 g/mol. The summed E-state index contributed by atoms with van der Waals surface area (Å²) in [5.41, 5.74) is -0.890. The van der Waals surface area contributed by atoms with E-state index in [1.165, 1.54) is 0 Å². The number of amides is 1. The van der Waals surface area contributed by atoms with Crippen molar-refractivity contribution in [1.82, 2.24) is 9.55 Å². The Bertz CT molecular complexity index is 784. The highest BCUT2D eigenvalue weighted by atomic mass is 19.1. The molecule has 0 radical (unpaired) electrons. The third-order valence-corrected chi connectivity index (χ3v) is 4.27. The van der Waals surface area contributed by atoms with Crippen molar-refractivity contribution in [1.29, 1.82) is 0 Å². The molecule has 11 heteroatoms. The SMILES string of the molecule is CCCCCOC(=O)Nc1nc(=O)n([C@@H]2O[C@H](C)[C@@H]3OC(=O)O[C@@H]32)cc1F. The summed E-state index contributed by atoms with van der Waals surface area (Å²) in [6, 6.07) is 0. The zero-order valence-electron chi connectivity index (χ0n) is 14.8. The molecular formula is C16H20FN3O7. The molecule has 3 rings (SSSR count). The average molecular weight is 385 g/mol. The van der Waals surface area contributed by atoms with E-state index in [1.807, 2.05) is 6.92 Å². The van der Waals surface area contributed by atoms with Gasteiger partial charge in [-0.3, -0.25) is 9.88 Å². The third-order valence-electron chi connectivity index (χ3n) is 4.27. The van der Waals surface area contributed by atoms with E-state index in [4.69, 9.17) is 18.9 Å². The second-order valence-corrected chi connectivity index (χ2v) is 6.24. The molecule has 2 aliphatic heterocycles. The van der Waals surface area contributed by atoms with Crippen molar-refractivity contribution in [3.05, 3.63) is 22.5 Å². The van der Waals surface area contributed by atoms with Gasteiger partial charge >= 0.3 is 17.9 Å². The number of hydrogen-bond donors (Lipinski definition) is 1. The Kier molecular flexibility index (Phi) is 5.59. The largest absolute Gasteiger partial charge is 0.509 e. The predicted molar refractivity (Wildman–Crippen MR) is 87.7 cm³/mol. The minimum atomic E-state index is -1.08. The highest BCUT2D eigenvalue weighted by molar-refractivity contribution is 5.83. The summed E-state index contributed by atoms with van der Waals surface area (Å²) in [5.74, 6) is -1.52. The lowest BCUT2D eigenvalue weighted by Crippen LogP contribution is -2.35. The Morgan fingerprint density at radius 2 is 2.07 bits per heavy atom. The minimum absolute atomic E-state index is 0.181. The van der Waals surface area contributed by atoms with Gasteiger partial charge in [-0.05, 0) is 13.3 Å². The average Bonchev–Trinajstić information content (AvgIpc) is 3.13. The first kappa shape index (κ1) is 19.1. The van der Waals surface area contributed by atoms with E-state index in [2.05, 4.69) is 10.3 Å². The normalized spacial score (nSPS) is 26.3. The summed E-state index contributed by atoms with van der Waals surface area (Å²) < 4.78 is 35.6. The summed E-state index contributed by atoms with van der Waals surface area (Å²) in [4.78, 5) is 38.7. The lowest BCUT2D eigenvalue weighted by atomic mass is 10.1. The smallest absolute Gasteiger partial charge is 0.449 e. The highest BCUT2D eigenvalue weighted by Gasteiger charge is 2.53. The molecule has 2 saturated heterocycles. The summed E-state index contributed by atoms with van der Waals surface area (Å²) in [7, 11) is 0. The number of ether oxygens (including phenoxy) is 4.